The summed E-state index contributed by atoms with van der Waals surface area (Å²) < 4.78 is 20.1. The van der Waals surface area contributed by atoms with E-state index in [1.165, 1.54) is 13.2 Å². The van der Waals surface area contributed by atoms with Crippen molar-refractivity contribution in [1.29, 1.82) is 0 Å². The van der Waals surface area contributed by atoms with Crippen molar-refractivity contribution in [2.45, 2.75) is 32.9 Å². The number of rotatable bonds is 4. The van der Waals surface area contributed by atoms with E-state index in [1.807, 2.05) is 0 Å². The zero-order valence-corrected chi connectivity index (χ0v) is 12.1. The Kier molecular flexibility index (Phi) is 4.04. The molecule has 0 saturated carbocycles. The maximum Gasteiger partial charge on any atom is 0.167 e. The van der Waals surface area contributed by atoms with Gasteiger partial charge in [-0.1, -0.05) is 5.21 Å². The molecular weight excluding hydrogens is 259 g/mol. The normalized spacial score (nSPS) is 11.7. The number of nitrogens with zero attached hydrogens (tertiary/aromatic N) is 3. The second-order valence-electron chi connectivity index (χ2n) is 5.58. The predicted octanol–water partition coefficient (Wildman–Crippen LogP) is 2.30. The SMILES string of the molecule is COc1ccc(-n2cc(CNC(C)(C)C)nn2)cc1F. The summed E-state index contributed by atoms with van der Waals surface area (Å²) in [6, 6.07) is 4.67. The van der Waals surface area contributed by atoms with E-state index in [0.29, 0.717) is 12.2 Å². The fourth-order valence-electron chi connectivity index (χ4n) is 1.66. The van der Waals surface area contributed by atoms with Gasteiger partial charge in [-0.2, -0.15) is 0 Å². The number of methoxy groups -OCH3 is 1. The molecule has 108 valence electrons. The number of ether oxygens (including phenoxy) is 1. The molecule has 0 radical (unpaired) electrons. The summed E-state index contributed by atoms with van der Waals surface area (Å²) in [5.41, 5.74) is 1.42. The van der Waals surface area contributed by atoms with Gasteiger partial charge >= 0.3 is 0 Å². The second-order valence-corrected chi connectivity index (χ2v) is 5.58. The van der Waals surface area contributed by atoms with Gasteiger partial charge in [0.05, 0.1) is 24.7 Å². The molecule has 1 N–H and O–H groups in total. The highest BCUT2D eigenvalue weighted by Crippen LogP contribution is 2.19. The summed E-state index contributed by atoms with van der Waals surface area (Å²) in [4.78, 5) is 0. The molecule has 6 heteroatoms. The maximum absolute atomic E-state index is 13.6. The van der Waals surface area contributed by atoms with Crippen LogP contribution in [0.5, 0.6) is 5.75 Å². The van der Waals surface area contributed by atoms with Crippen molar-refractivity contribution < 1.29 is 9.13 Å². The minimum atomic E-state index is -0.421. The first-order valence-corrected chi connectivity index (χ1v) is 6.39. The van der Waals surface area contributed by atoms with Gasteiger partial charge < -0.3 is 10.1 Å². The van der Waals surface area contributed by atoms with Gasteiger partial charge in [0.25, 0.3) is 0 Å². The van der Waals surface area contributed by atoms with Crippen molar-refractivity contribution in [2.24, 2.45) is 0 Å². The number of benzene rings is 1. The third-order valence-electron chi connectivity index (χ3n) is 2.74. The zero-order valence-electron chi connectivity index (χ0n) is 12.1. The van der Waals surface area contributed by atoms with E-state index in [-0.39, 0.29) is 11.3 Å². The third-order valence-corrected chi connectivity index (χ3v) is 2.74. The highest BCUT2D eigenvalue weighted by molar-refractivity contribution is 5.38. The topological polar surface area (TPSA) is 52.0 Å². The predicted molar refractivity (Wildman–Crippen MR) is 74.5 cm³/mol. The van der Waals surface area contributed by atoms with Crippen LogP contribution in [0.25, 0.3) is 5.69 Å². The van der Waals surface area contributed by atoms with Crippen LogP contribution in [0.2, 0.25) is 0 Å². The van der Waals surface area contributed by atoms with Crippen molar-refractivity contribution >= 4 is 0 Å². The Morgan fingerprint density at radius 3 is 2.70 bits per heavy atom. The van der Waals surface area contributed by atoms with Gasteiger partial charge in [-0.15, -0.1) is 5.10 Å². The molecule has 0 spiro atoms. The van der Waals surface area contributed by atoms with Crippen molar-refractivity contribution in [3.63, 3.8) is 0 Å². The first-order chi connectivity index (χ1) is 9.39. The lowest BCUT2D eigenvalue weighted by Gasteiger charge is -2.19. The molecule has 5 nitrogen and oxygen atoms in total. The molecule has 2 aromatic rings. The standard InChI is InChI=1S/C14H19FN4O/c1-14(2,3)16-8-10-9-19(18-17-10)11-5-6-13(20-4)12(15)7-11/h5-7,9,16H,8H2,1-4H3. The first-order valence-electron chi connectivity index (χ1n) is 6.39. The zero-order chi connectivity index (χ0) is 14.8. The fourth-order valence-corrected chi connectivity index (χ4v) is 1.66. The van der Waals surface area contributed by atoms with Crippen LogP contribution in [0, 0.1) is 5.82 Å². The van der Waals surface area contributed by atoms with Crippen LogP contribution in [-0.4, -0.2) is 27.6 Å². The van der Waals surface area contributed by atoms with Crippen molar-refractivity contribution in [3.8, 4) is 11.4 Å². The van der Waals surface area contributed by atoms with E-state index < -0.39 is 5.82 Å². The molecule has 0 atom stereocenters. The van der Waals surface area contributed by atoms with Crippen LogP contribution in [0.4, 0.5) is 4.39 Å². The molecule has 2 rings (SSSR count). The van der Waals surface area contributed by atoms with Gasteiger partial charge in [0.2, 0.25) is 0 Å². The minimum Gasteiger partial charge on any atom is -0.494 e. The number of aromatic nitrogens is 3. The highest BCUT2D eigenvalue weighted by Gasteiger charge is 2.11. The molecule has 0 saturated heterocycles. The largest absolute Gasteiger partial charge is 0.494 e. The van der Waals surface area contributed by atoms with Crippen molar-refractivity contribution in [3.05, 3.63) is 35.9 Å². The summed E-state index contributed by atoms with van der Waals surface area (Å²) in [5, 5.41) is 11.4. The summed E-state index contributed by atoms with van der Waals surface area (Å²) in [6.45, 7) is 6.85. The lowest BCUT2D eigenvalue weighted by Crippen LogP contribution is -2.35. The molecule has 0 amide bonds. The Labute approximate surface area is 117 Å². The average Bonchev–Trinajstić information content (AvgIpc) is 2.84. The first kappa shape index (κ1) is 14.5. The molecule has 0 unspecified atom stereocenters. The van der Waals surface area contributed by atoms with Crippen LogP contribution >= 0.6 is 0 Å². The molecule has 20 heavy (non-hydrogen) atoms. The third kappa shape index (κ3) is 3.54. The van der Waals surface area contributed by atoms with Crippen LogP contribution in [0.15, 0.2) is 24.4 Å². The minimum absolute atomic E-state index is 0.00992. The lowest BCUT2D eigenvalue weighted by atomic mass is 10.1. The molecule has 0 fully saturated rings. The molecule has 1 heterocycles. The van der Waals surface area contributed by atoms with Crippen LogP contribution < -0.4 is 10.1 Å². The number of halogens is 1. The van der Waals surface area contributed by atoms with Gasteiger partial charge in [0, 0.05) is 18.2 Å². The maximum atomic E-state index is 13.6. The Hall–Kier alpha value is -1.95. The van der Waals surface area contributed by atoms with Gasteiger partial charge in [0.1, 0.15) is 0 Å². The number of nitrogens with one attached hydrogen (secondary N) is 1. The molecule has 0 aliphatic carbocycles. The molecular formula is C14H19FN4O. The molecule has 1 aromatic heterocycles. The van der Waals surface area contributed by atoms with Gasteiger partial charge in [-0.05, 0) is 32.9 Å². The van der Waals surface area contributed by atoms with Crippen LogP contribution in [-0.2, 0) is 6.54 Å². The Morgan fingerprint density at radius 2 is 2.10 bits per heavy atom. The monoisotopic (exact) mass is 278 g/mol. The van der Waals surface area contributed by atoms with E-state index in [4.69, 9.17) is 4.74 Å². The Bertz CT molecular complexity index is 589. The van der Waals surface area contributed by atoms with Crippen LogP contribution in [0.3, 0.4) is 0 Å². The summed E-state index contributed by atoms with van der Waals surface area (Å²) in [6.07, 6.45) is 1.78. The van der Waals surface area contributed by atoms with Crippen molar-refractivity contribution in [1.82, 2.24) is 20.3 Å². The summed E-state index contributed by atoms with van der Waals surface area (Å²) in [5.74, 6) is -0.210. The lowest BCUT2D eigenvalue weighted by molar-refractivity contribution is 0.386. The molecule has 0 aliphatic heterocycles. The number of hydrogen-bond donors (Lipinski definition) is 1. The smallest absolute Gasteiger partial charge is 0.167 e. The quantitative estimate of drug-likeness (QED) is 0.932. The summed E-state index contributed by atoms with van der Waals surface area (Å²) >= 11 is 0. The Morgan fingerprint density at radius 1 is 1.35 bits per heavy atom. The van der Waals surface area contributed by atoms with Crippen LogP contribution in [0.1, 0.15) is 26.5 Å². The van der Waals surface area contributed by atoms with E-state index in [2.05, 4.69) is 36.4 Å². The van der Waals surface area contributed by atoms with E-state index in [0.717, 1.165) is 5.69 Å². The van der Waals surface area contributed by atoms with Gasteiger partial charge in [-0.25, -0.2) is 9.07 Å². The van der Waals surface area contributed by atoms with E-state index >= 15 is 0 Å². The van der Waals surface area contributed by atoms with Gasteiger partial charge in [-0.3, -0.25) is 0 Å². The molecule has 0 aliphatic rings. The fraction of sp³-hybridized carbons (Fsp3) is 0.429. The molecule has 1 aromatic carbocycles. The second kappa shape index (κ2) is 5.58. The number of hydrogen-bond acceptors (Lipinski definition) is 4. The van der Waals surface area contributed by atoms with E-state index in [9.17, 15) is 4.39 Å². The van der Waals surface area contributed by atoms with E-state index in [1.54, 1.807) is 23.0 Å². The average molecular weight is 278 g/mol. The molecule has 0 bridgehead atoms. The van der Waals surface area contributed by atoms with Crippen molar-refractivity contribution in [2.75, 3.05) is 7.11 Å². The highest BCUT2D eigenvalue weighted by atomic mass is 19.1. The Balaban J connectivity index is 2.14. The van der Waals surface area contributed by atoms with Gasteiger partial charge in [0.15, 0.2) is 11.6 Å². The summed E-state index contributed by atoms with van der Waals surface area (Å²) in [7, 11) is 1.43.